The number of benzene rings is 2. The van der Waals surface area contributed by atoms with Gasteiger partial charge >= 0.3 is 0 Å². The topological polar surface area (TPSA) is 59.4 Å². The highest BCUT2D eigenvalue weighted by atomic mass is 16.5. The van der Waals surface area contributed by atoms with Gasteiger partial charge in [-0.2, -0.15) is 5.10 Å². The molecule has 6 heteroatoms. The Balaban J connectivity index is 1.91. The summed E-state index contributed by atoms with van der Waals surface area (Å²) < 4.78 is 7.20. The van der Waals surface area contributed by atoms with Crippen LogP contribution in [0.2, 0.25) is 0 Å². The lowest BCUT2D eigenvalue weighted by Crippen LogP contribution is -2.45. The van der Waals surface area contributed by atoms with Gasteiger partial charge in [0.2, 0.25) is 5.91 Å². The number of aromatic nitrogens is 2. The van der Waals surface area contributed by atoms with Crippen molar-refractivity contribution in [2.75, 3.05) is 20.2 Å². The van der Waals surface area contributed by atoms with Gasteiger partial charge in [-0.15, -0.1) is 0 Å². The Kier molecular flexibility index (Phi) is 7.13. The molecular weight excluding hydrogens is 388 g/mol. The van der Waals surface area contributed by atoms with E-state index in [2.05, 4.69) is 23.3 Å². The van der Waals surface area contributed by atoms with Crippen LogP contribution in [-0.4, -0.2) is 46.3 Å². The van der Waals surface area contributed by atoms with Crippen molar-refractivity contribution in [3.63, 3.8) is 0 Å². The quantitative estimate of drug-likeness (QED) is 0.591. The number of ether oxygens (including phenoxy) is 1. The molecule has 0 spiro atoms. The van der Waals surface area contributed by atoms with E-state index < -0.39 is 0 Å². The van der Waals surface area contributed by atoms with E-state index in [1.807, 2.05) is 80.1 Å². The van der Waals surface area contributed by atoms with E-state index in [-0.39, 0.29) is 11.4 Å². The van der Waals surface area contributed by atoms with Crippen molar-refractivity contribution in [1.82, 2.24) is 20.0 Å². The number of methoxy groups -OCH3 is 1. The first-order valence-corrected chi connectivity index (χ1v) is 10.6. The molecule has 0 unspecified atom stereocenters. The average Bonchev–Trinajstić information content (AvgIpc) is 3.16. The van der Waals surface area contributed by atoms with Gasteiger partial charge in [0.25, 0.3) is 0 Å². The fourth-order valence-electron chi connectivity index (χ4n) is 3.41. The van der Waals surface area contributed by atoms with Crippen molar-refractivity contribution in [3.8, 4) is 22.7 Å². The number of para-hydroxylation sites is 1. The summed E-state index contributed by atoms with van der Waals surface area (Å²) in [5, 5.41) is 7.93. The van der Waals surface area contributed by atoms with Crippen molar-refractivity contribution < 1.29 is 9.53 Å². The van der Waals surface area contributed by atoms with Crippen LogP contribution in [0.1, 0.15) is 33.3 Å². The second-order valence-electron chi connectivity index (χ2n) is 8.61. The number of likely N-dealkylation sites (N-methyl/N-ethyl adjacent to an activating group) is 1. The molecule has 0 saturated heterocycles. The Bertz CT molecular complexity index is 989. The molecule has 3 rings (SSSR count). The maximum atomic E-state index is 12.5. The van der Waals surface area contributed by atoms with E-state index in [9.17, 15) is 4.79 Å². The zero-order valence-electron chi connectivity index (χ0n) is 19.1. The molecule has 1 N–H and O–H groups in total. The highest BCUT2D eigenvalue weighted by Crippen LogP contribution is 2.27. The molecule has 0 atom stereocenters. The summed E-state index contributed by atoms with van der Waals surface area (Å²) >= 11 is 0. The molecule has 0 saturated carbocycles. The Morgan fingerprint density at radius 3 is 2.35 bits per heavy atom. The summed E-state index contributed by atoms with van der Waals surface area (Å²) in [5.74, 6) is 0.831. The van der Waals surface area contributed by atoms with E-state index in [1.165, 1.54) is 0 Å². The molecule has 31 heavy (non-hydrogen) atoms. The molecule has 164 valence electrons. The molecule has 2 aromatic carbocycles. The average molecular weight is 421 g/mol. The zero-order valence-corrected chi connectivity index (χ0v) is 19.1. The van der Waals surface area contributed by atoms with Gasteiger partial charge in [-0.05, 0) is 63.7 Å². The maximum absolute atomic E-state index is 12.5. The molecule has 0 aliphatic rings. The summed E-state index contributed by atoms with van der Waals surface area (Å²) in [6, 6.07) is 18.0. The number of hydrogen-bond donors (Lipinski definition) is 1. The molecule has 1 heterocycles. The van der Waals surface area contributed by atoms with Gasteiger partial charge in [-0.1, -0.05) is 25.1 Å². The highest BCUT2D eigenvalue weighted by molar-refractivity contribution is 5.78. The first kappa shape index (κ1) is 22.6. The Morgan fingerprint density at radius 2 is 1.77 bits per heavy atom. The second kappa shape index (κ2) is 9.79. The Hall–Kier alpha value is -3.12. The summed E-state index contributed by atoms with van der Waals surface area (Å²) in [6.45, 7) is 9.77. The maximum Gasteiger partial charge on any atom is 0.234 e. The van der Waals surface area contributed by atoms with Gasteiger partial charge in [0.05, 0.1) is 25.0 Å². The van der Waals surface area contributed by atoms with Crippen LogP contribution in [0.5, 0.6) is 5.75 Å². The molecule has 1 aromatic heterocycles. The Morgan fingerprint density at radius 1 is 1.10 bits per heavy atom. The van der Waals surface area contributed by atoms with Gasteiger partial charge in [0, 0.05) is 29.4 Å². The Labute approximate surface area is 184 Å². The minimum Gasteiger partial charge on any atom is -0.497 e. The number of hydrogen-bond acceptors (Lipinski definition) is 4. The van der Waals surface area contributed by atoms with Crippen LogP contribution in [0.25, 0.3) is 16.9 Å². The van der Waals surface area contributed by atoms with Crippen LogP contribution in [0.15, 0.2) is 60.8 Å². The molecule has 0 aliphatic heterocycles. The summed E-state index contributed by atoms with van der Waals surface area (Å²) in [5.41, 5.74) is 3.74. The molecule has 6 nitrogen and oxygen atoms in total. The SMILES string of the molecule is CCN(CC(=O)NC(C)(C)C)Cc1cn(-c2ccccc2)nc1-c1ccc(OC)cc1. The standard InChI is InChI=1S/C25H32N4O2/c1-6-28(18-23(30)26-25(2,3)4)16-20-17-29(21-10-8-7-9-11-21)27-24(20)19-12-14-22(31-5)15-13-19/h7-15,17H,6,16,18H2,1-5H3,(H,26,30). The molecule has 0 bridgehead atoms. The lowest BCUT2D eigenvalue weighted by atomic mass is 10.1. The van der Waals surface area contributed by atoms with E-state index in [0.29, 0.717) is 13.1 Å². The second-order valence-corrected chi connectivity index (χ2v) is 8.61. The molecule has 0 aliphatic carbocycles. The van der Waals surface area contributed by atoms with Crippen molar-refractivity contribution in [2.24, 2.45) is 0 Å². The van der Waals surface area contributed by atoms with Crippen molar-refractivity contribution in [2.45, 2.75) is 39.8 Å². The predicted octanol–water partition coefficient (Wildman–Crippen LogP) is 4.28. The van der Waals surface area contributed by atoms with Crippen LogP contribution < -0.4 is 10.1 Å². The number of nitrogens with one attached hydrogen (secondary N) is 1. The van der Waals surface area contributed by atoms with Crippen molar-refractivity contribution in [1.29, 1.82) is 0 Å². The van der Waals surface area contributed by atoms with Gasteiger partial charge in [-0.3, -0.25) is 9.69 Å². The van der Waals surface area contributed by atoms with E-state index in [4.69, 9.17) is 9.84 Å². The van der Waals surface area contributed by atoms with Crippen LogP contribution in [-0.2, 0) is 11.3 Å². The number of nitrogens with zero attached hydrogens (tertiary/aromatic N) is 3. The molecule has 0 radical (unpaired) electrons. The smallest absolute Gasteiger partial charge is 0.234 e. The van der Waals surface area contributed by atoms with Crippen molar-refractivity contribution >= 4 is 5.91 Å². The van der Waals surface area contributed by atoms with E-state index in [1.54, 1.807) is 7.11 Å². The third-order valence-corrected chi connectivity index (χ3v) is 4.90. The predicted molar refractivity (Wildman–Crippen MR) is 124 cm³/mol. The monoisotopic (exact) mass is 420 g/mol. The van der Waals surface area contributed by atoms with Crippen LogP contribution >= 0.6 is 0 Å². The highest BCUT2D eigenvalue weighted by Gasteiger charge is 2.19. The number of rotatable bonds is 8. The van der Waals surface area contributed by atoms with Crippen LogP contribution in [0, 0.1) is 0 Å². The fraction of sp³-hybridized carbons (Fsp3) is 0.360. The first-order valence-electron chi connectivity index (χ1n) is 10.6. The lowest BCUT2D eigenvalue weighted by Gasteiger charge is -2.24. The van der Waals surface area contributed by atoms with Gasteiger partial charge < -0.3 is 10.1 Å². The summed E-state index contributed by atoms with van der Waals surface area (Å²) in [6.07, 6.45) is 2.05. The van der Waals surface area contributed by atoms with Crippen molar-refractivity contribution in [3.05, 3.63) is 66.4 Å². The minimum atomic E-state index is -0.247. The van der Waals surface area contributed by atoms with Crippen LogP contribution in [0.4, 0.5) is 0 Å². The number of carbonyl (C=O) groups is 1. The van der Waals surface area contributed by atoms with E-state index in [0.717, 1.165) is 34.8 Å². The molecule has 1 amide bonds. The third-order valence-electron chi connectivity index (χ3n) is 4.90. The molecule has 0 fully saturated rings. The largest absolute Gasteiger partial charge is 0.497 e. The number of carbonyl (C=O) groups excluding carboxylic acids is 1. The fourth-order valence-corrected chi connectivity index (χ4v) is 3.41. The third kappa shape index (κ3) is 6.18. The number of amides is 1. The first-order chi connectivity index (χ1) is 14.8. The summed E-state index contributed by atoms with van der Waals surface area (Å²) in [4.78, 5) is 14.6. The molecular formula is C25H32N4O2. The normalized spacial score (nSPS) is 11.5. The molecule has 3 aromatic rings. The summed E-state index contributed by atoms with van der Waals surface area (Å²) in [7, 11) is 1.66. The zero-order chi connectivity index (χ0) is 22.4. The van der Waals surface area contributed by atoms with Crippen LogP contribution in [0.3, 0.4) is 0 Å². The lowest BCUT2D eigenvalue weighted by molar-refractivity contribution is -0.123. The van der Waals surface area contributed by atoms with Gasteiger partial charge in [0.1, 0.15) is 5.75 Å². The minimum absolute atomic E-state index is 0.0239. The van der Waals surface area contributed by atoms with Gasteiger partial charge in [0.15, 0.2) is 0 Å². The van der Waals surface area contributed by atoms with E-state index >= 15 is 0 Å². The van der Waals surface area contributed by atoms with Gasteiger partial charge in [-0.25, -0.2) is 4.68 Å².